The van der Waals surface area contributed by atoms with Crippen molar-refractivity contribution < 1.29 is 9.59 Å². The quantitative estimate of drug-likeness (QED) is 0.436. The van der Waals surface area contributed by atoms with Crippen LogP contribution in [0.2, 0.25) is 0 Å². The zero-order chi connectivity index (χ0) is 23.0. The lowest BCUT2D eigenvalue weighted by atomic mass is 10.0. The van der Waals surface area contributed by atoms with Gasteiger partial charge in [0.1, 0.15) is 5.82 Å². The number of nitrogens with one attached hydrogen (secondary N) is 2. The highest BCUT2D eigenvalue weighted by Crippen LogP contribution is 2.14. The molecule has 2 N–H and O–H groups in total. The number of carbonyl (C=O) groups excluding carboxylic acids is 2. The van der Waals surface area contributed by atoms with Crippen molar-refractivity contribution in [3.05, 3.63) is 53.9 Å². The highest BCUT2D eigenvalue weighted by Gasteiger charge is 2.19. The fourth-order valence-electron chi connectivity index (χ4n) is 3.99. The molecule has 3 heterocycles. The minimum absolute atomic E-state index is 0.0136. The van der Waals surface area contributed by atoms with Gasteiger partial charge in [0.2, 0.25) is 11.8 Å². The van der Waals surface area contributed by atoms with E-state index in [1.807, 2.05) is 35.2 Å². The molecule has 1 aliphatic rings. The van der Waals surface area contributed by atoms with Gasteiger partial charge in [-0.1, -0.05) is 37.3 Å². The van der Waals surface area contributed by atoms with Gasteiger partial charge in [-0.2, -0.15) is 4.52 Å². The lowest BCUT2D eigenvalue weighted by molar-refractivity contribution is -0.127. The SMILES string of the molecule is C[C@@H](CNC(=O)CCc1nnc2ccc(NCCCN3CCCC3=O)nn12)c1ccccc1. The monoisotopic (exact) mass is 449 g/mol. The minimum Gasteiger partial charge on any atom is -0.369 e. The summed E-state index contributed by atoms with van der Waals surface area (Å²) < 4.78 is 1.69. The summed E-state index contributed by atoms with van der Waals surface area (Å²) in [5.74, 6) is 1.87. The van der Waals surface area contributed by atoms with Gasteiger partial charge in [0.05, 0.1) is 0 Å². The van der Waals surface area contributed by atoms with Crippen molar-refractivity contribution in [3.8, 4) is 0 Å². The van der Waals surface area contributed by atoms with Crippen LogP contribution in [0.4, 0.5) is 5.82 Å². The summed E-state index contributed by atoms with van der Waals surface area (Å²) in [7, 11) is 0. The Balaban J connectivity index is 1.24. The number of aryl methyl sites for hydroxylation is 1. The van der Waals surface area contributed by atoms with E-state index in [4.69, 9.17) is 0 Å². The van der Waals surface area contributed by atoms with E-state index in [1.165, 1.54) is 5.56 Å². The molecule has 0 aliphatic carbocycles. The van der Waals surface area contributed by atoms with Gasteiger partial charge in [0, 0.05) is 45.4 Å². The van der Waals surface area contributed by atoms with E-state index in [1.54, 1.807) is 4.52 Å². The van der Waals surface area contributed by atoms with Crippen molar-refractivity contribution in [2.24, 2.45) is 0 Å². The molecule has 1 atom stereocenters. The third kappa shape index (κ3) is 6.06. The first-order valence-corrected chi connectivity index (χ1v) is 11.6. The molecular formula is C24H31N7O2. The van der Waals surface area contributed by atoms with Gasteiger partial charge < -0.3 is 15.5 Å². The molecule has 33 heavy (non-hydrogen) atoms. The van der Waals surface area contributed by atoms with E-state index in [2.05, 4.69) is 45.0 Å². The molecule has 1 saturated heterocycles. The third-order valence-corrected chi connectivity index (χ3v) is 5.96. The first-order chi connectivity index (χ1) is 16.1. The summed E-state index contributed by atoms with van der Waals surface area (Å²) in [6.45, 7) is 5.05. The van der Waals surface area contributed by atoms with Gasteiger partial charge in [-0.15, -0.1) is 15.3 Å². The van der Waals surface area contributed by atoms with Crippen LogP contribution in [0.5, 0.6) is 0 Å². The average molecular weight is 450 g/mol. The summed E-state index contributed by atoms with van der Waals surface area (Å²) in [5.41, 5.74) is 1.86. The third-order valence-electron chi connectivity index (χ3n) is 5.96. The van der Waals surface area contributed by atoms with E-state index in [-0.39, 0.29) is 17.7 Å². The molecule has 9 nitrogen and oxygen atoms in total. The predicted molar refractivity (Wildman–Crippen MR) is 126 cm³/mol. The maximum absolute atomic E-state index is 12.4. The van der Waals surface area contributed by atoms with Crippen LogP contribution < -0.4 is 10.6 Å². The van der Waals surface area contributed by atoms with Gasteiger partial charge in [-0.05, 0) is 36.5 Å². The van der Waals surface area contributed by atoms with E-state index >= 15 is 0 Å². The lowest BCUT2D eigenvalue weighted by Crippen LogP contribution is -2.27. The fourth-order valence-corrected chi connectivity index (χ4v) is 3.99. The maximum Gasteiger partial charge on any atom is 0.222 e. The largest absolute Gasteiger partial charge is 0.369 e. The van der Waals surface area contributed by atoms with Gasteiger partial charge in [0.25, 0.3) is 0 Å². The standard InChI is InChI=1S/C24H31N7O2/c1-18(19-7-3-2-4-8-19)17-26-23(32)13-12-22-28-27-21-11-10-20(29-31(21)22)25-14-6-16-30-15-5-9-24(30)33/h2-4,7-8,10-11,18H,5-6,9,12-17H2,1H3,(H,25,29)(H,26,32)/t18-/m0/s1. The van der Waals surface area contributed by atoms with Crippen molar-refractivity contribution in [1.29, 1.82) is 0 Å². The maximum atomic E-state index is 12.4. The molecule has 2 aromatic heterocycles. The highest BCUT2D eigenvalue weighted by atomic mass is 16.2. The van der Waals surface area contributed by atoms with Crippen LogP contribution in [0.1, 0.15) is 49.9 Å². The van der Waals surface area contributed by atoms with Crippen LogP contribution >= 0.6 is 0 Å². The Hall–Kier alpha value is -3.49. The first kappa shape index (κ1) is 22.7. The molecular weight excluding hydrogens is 418 g/mol. The average Bonchev–Trinajstić information content (AvgIpc) is 3.44. The summed E-state index contributed by atoms with van der Waals surface area (Å²) in [6, 6.07) is 13.9. The first-order valence-electron chi connectivity index (χ1n) is 11.6. The Morgan fingerprint density at radius 2 is 2.00 bits per heavy atom. The molecule has 1 fully saturated rings. The van der Waals surface area contributed by atoms with Crippen molar-refractivity contribution >= 4 is 23.3 Å². The number of rotatable bonds is 11. The highest BCUT2D eigenvalue weighted by molar-refractivity contribution is 5.78. The second-order valence-electron chi connectivity index (χ2n) is 8.49. The van der Waals surface area contributed by atoms with Crippen LogP contribution in [-0.2, 0) is 16.0 Å². The molecule has 0 bridgehead atoms. The second kappa shape index (κ2) is 10.9. The molecule has 0 spiro atoms. The predicted octanol–water partition coefficient (Wildman–Crippen LogP) is 2.40. The van der Waals surface area contributed by atoms with E-state index in [9.17, 15) is 9.59 Å². The van der Waals surface area contributed by atoms with Crippen LogP contribution in [-0.4, -0.2) is 62.7 Å². The number of fused-ring (bicyclic) bond motifs is 1. The molecule has 1 aromatic carbocycles. The van der Waals surface area contributed by atoms with Gasteiger partial charge in [0.15, 0.2) is 11.5 Å². The Kier molecular flexibility index (Phi) is 7.49. The van der Waals surface area contributed by atoms with Gasteiger partial charge in [-0.3, -0.25) is 9.59 Å². The van der Waals surface area contributed by atoms with E-state index < -0.39 is 0 Å². The minimum atomic E-state index is -0.0136. The molecule has 2 amide bonds. The number of amides is 2. The molecule has 174 valence electrons. The van der Waals surface area contributed by atoms with Crippen molar-refractivity contribution in [3.63, 3.8) is 0 Å². The summed E-state index contributed by atoms with van der Waals surface area (Å²) in [4.78, 5) is 26.0. The fraction of sp³-hybridized carbons (Fsp3) is 0.458. The number of likely N-dealkylation sites (tertiary alicyclic amines) is 1. The molecule has 0 saturated carbocycles. The smallest absolute Gasteiger partial charge is 0.222 e. The van der Waals surface area contributed by atoms with E-state index in [0.717, 1.165) is 38.3 Å². The summed E-state index contributed by atoms with van der Waals surface area (Å²) in [6.07, 6.45) is 3.28. The second-order valence-corrected chi connectivity index (χ2v) is 8.49. The normalized spacial score (nSPS) is 14.6. The zero-order valence-corrected chi connectivity index (χ0v) is 19.0. The zero-order valence-electron chi connectivity index (χ0n) is 19.0. The van der Waals surface area contributed by atoms with E-state index in [0.29, 0.717) is 37.3 Å². The van der Waals surface area contributed by atoms with Crippen molar-refractivity contribution in [2.45, 2.75) is 44.9 Å². The van der Waals surface area contributed by atoms with Crippen molar-refractivity contribution in [2.75, 3.05) is 31.5 Å². The van der Waals surface area contributed by atoms with Gasteiger partial charge in [-0.25, -0.2) is 0 Å². The number of benzene rings is 1. The number of hydrogen-bond acceptors (Lipinski definition) is 6. The number of hydrogen-bond donors (Lipinski definition) is 2. The number of anilines is 1. The number of carbonyl (C=O) groups is 2. The molecule has 9 heteroatoms. The number of aromatic nitrogens is 4. The van der Waals surface area contributed by atoms with Crippen LogP contribution in [0.3, 0.4) is 0 Å². The number of nitrogens with zero attached hydrogens (tertiary/aromatic N) is 5. The topological polar surface area (TPSA) is 105 Å². The molecule has 3 aromatic rings. The Morgan fingerprint density at radius 3 is 2.79 bits per heavy atom. The molecule has 0 radical (unpaired) electrons. The summed E-state index contributed by atoms with van der Waals surface area (Å²) in [5, 5.41) is 19.2. The Labute approximate surface area is 193 Å². The lowest BCUT2D eigenvalue weighted by Gasteiger charge is -2.15. The van der Waals surface area contributed by atoms with Crippen molar-refractivity contribution in [1.82, 2.24) is 30.0 Å². The summed E-state index contributed by atoms with van der Waals surface area (Å²) >= 11 is 0. The van der Waals surface area contributed by atoms with Crippen LogP contribution in [0.25, 0.3) is 5.65 Å². The molecule has 0 unspecified atom stereocenters. The van der Waals surface area contributed by atoms with Crippen LogP contribution in [0.15, 0.2) is 42.5 Å². The molecule has 4 rings (SSSR count). The van der Waals surface area contributed by atoms with Crippen LogP contribution in [0, 0.1) is 0 Å². The van der Waals surface area contributed by atoms with Gasteiger partial charge >= 0.3 is 0 Å². The molecule has 1 aliphatic heterocycles. The Bertz CT molecular complexity index is 1080. The Morgan fingerprint density at radius 1 is 1.15 bits per heavy atom.